The van der Waals surface area contributed by atoms with E-state index < -0.39 is 24.5 Å². The van der Waals surface area contributed by atoms with E-state index in [2.05, 4.69) is 4.74 Å². The summed E-state index contributed by atoms with van der Waals surface area (Å²) in [6.07, 6.45) is -0.0521. The Balaban J connectivity index is 2.41. The average molecular weight is 271 g/mol. The molecule has 0 aliphatic carbocycles. The van der Waals surface area contributed by atoms with E-state index in [1.54, 1.807) is 29.6 Å². The highest BCUT2D eigenvalue weighted by molar-refractivity contribution is 6.31. The summed E-state index contributed by atoms with van der Waals surface area (Å²) < 4.78 is 4.65. The summed E-state index contributed by atoms with van der Waals surface area (Å²) in [6.45, 7) is -0.563. The van der Waals surface area contributed by atoms with E-state index in [0.29, 0.717) is 10.6 Å². The standard InChI is InChI=1S/C11H11ClN2O4/c12-8-4-2-1-3-7(8)5-10(16)18-6-9(15)14-11(13)17/h1-4H,5-6H2,(H3,13,14,15,17). The minimum Gasteiger partial charge on any atom is -0.455 e. The largest absolute Gasteiger partial charge is 0.455 e. The number of esters is 1. The van der Waals surface area contributed by atoms with Crippen molar-refractivity contribution in [1.82, 2.24) is 5.32 Å². The maximum absolute atomic E-state index is 11.4. The summed E-state index contributed by atoms with van der Waals surface area (Å²) in [7, 11) is 0. The fraction of sp³-hybridized carbons (Fsp3) is 0.182. The summed E-state index contributed by atoms with van der Waals surface area (Å²) in [5, 5.41) is 2.21. The normalized spacial score (nSPS) is 9.61. The van der Waals surface area contributed by atoms with Gasteiger partial charge in [0.15, 0.2) is 6.61 Å². The number of rotatable bonds is 4. The number of halogens is 1. The molecule has 1 aromatic carbocycles. The Morgan fingerprint density at radius 3 is 2.56 bits per heavy atom. The number of amides is 3. The van der Waals surface area contributed by atoms with Crippen LogP contribution in [0.4, 0.5) is 4.79 Å². The van der Waals surface area contributed by atoms with Gasteiger partial charge in [-0.2, -0.15) is 0 Å². The Bertz CT molecular complexity index is 476. The Morgan fingerprint density at radius 2 is 1.94 bits per heavy atom. The molecule has 0 saturated heterocycles. The SMILES string of the molecule is NC(=O)NC(=O)COC(=O)Cc1ccccc1Cl. The molecule has 96 valence electrons. The second-order valence-electron chi connectivity index (χ2n) is 3.34. The first-order valence-corrected chi connectivity index (χ1v) is 5.35. The Labute approximate surface area is 108 Å². The number of nitrogens with two attached hydrogens (primary N) is 1. The number of primary amides is 1. The summed E-state index contributed by atoms with van der Waals surface area (Å²) in [5.41, 5.74) is 5.31. The van der Waals surface area contributed by atoms with Gasteiger partial charge in [-0.25, -0.2) is 4.79 Å². The third kappa shape index (κ3) is 4.84. The maximum atomic E-state index is 11.4. The minimum absolute atomic E-state index is 0.0521. The molecule has 3 N–H and O–H groups in total. The molecule has 0 aromatic heterocycles. The van der Waals surface area contributed by atoms with Crippen molar-refractivity contribution < 1.29 is 19.1 Å². The molecule has 7 heteroatoms. The van der Waals surface area contributed by atoms with Gasteiger partial charge < -0.3 is 10.5 Å². The smallest absolute Gasteiger partial charge is 0.318 e. The number of urea groups is 1. The highest BCUT2D eigenvalue weighted by Gasteiger charge is 2.11. The van der Waals surface area contributed by atoms with Crippen molar-refractivity contribution in [3.05, 3.63) is 34.9 Å². The molecule has 3 amide bonds. The molecule has 0 aliphatic rings. The van der Waals surface area contributed by atoms with Gasteiger partial charge in [-0.05, 0) is 11.6 Å². The molecule has 1 aromatic rings. The van der Waals surface area contributed by atoms with Gasteiger partial charge in [0, 0.05) is 5.02 Å². The van der Waals surface area contributed by atoms with E-state index >= 15 is 0 Å². The molecule has 0 unspecified atom stereocenters. The molecule has 0 atom stereocenters. The van der Waals surface area contributed by atoms with Crippen LogP contribution in [0.2, 0.25) is 5.02 Å². The zero-order valence-electron chi connectivity index (χ0n) is 9.31. The van der Waals surface area contributed by atoms with Crippen LogP contribution in [-0.2, 0) is 20.7 Å². The topological polar surface area (TPSA) is 98.5 Å². The lowest BCUT2D eigenvalue weighted by atomic mass is 10.1. The van der Waals surface area contributed by atoms with Gasteiger partial charge in [-0.3, -0.25) is 14.9 Å². The number of benzene rings is 1. The van der Waals surface area contributed by atoms with Gasteiger partial charge in [0.05, 0.1) is 6.42 Å². The van der Waals surface area contributed by atoms with Crippen LogP contribution < -0.4 is 11.1 Å². The lowest BCUT2D eigenvalue weighted by Gasteiger charge is -2.05. The number of hydrogen-bond donors (Lipinski definition) is 2. The highest BCUT2D eigenvalue weighted by atomic mass is 35.5. The molecule has 6 nitrogen and oxygen atoms in total. The van der Waals surface area contributed by atoms with Gasteiger partial charge in [0.25, 0.3) is 5.91 Å². The number of ether oxygens (including phenoxy) is 1. The monoisotopic (exact) mass is 270 g/mol. The summed E-state index contributed by atoms with van der Waals surface area (Å²) >= 11 is 5.85. The van der Waals surface area contributed by atoms with Crippen LogP contribution in [0.3, 0.4) is 0 Å². The van der Waals surface area contributed by atoms with Crippen molar-refractivity contribution >= 4 is 29.5 Å². The maximum Gasteiger partial charge on any atom is 0.318 e. The average Bonchev–Trinajstić information content (AvgIpc) is 2.29. The van der Waals surface area contributed by atoms with Crippen LogP contribution in [0.5, 0.6) is 0 Å². The van der Waals surface area contributed by atoms with Gasteiger partial charge in [-0.1, -0.05) is 29.8 Å². The van der Waals surface area contributed by atoms with Crippen LogP contribution in [0.15, 0.2) is 24.3 Å². The van der Waals surface area contributed by atoms with Crippen molar-refractivity contribution in [2.24, 2.45) is 5.73 Å². The summed E-state index contributed by atoms with van der Waals surface area (Å²) in [6, 6.07) is 5.78. The van der Waals surface area contributed by atoms with Crippen molar-refractivity contribution in [2.45, 2.75) is 6.42 Å². The predicted molar refractivity (Wildman–Crippen MR) is 63.8 cm³/mol. The highest BCUT2D eigenvalue weighted by Crippen LogP contribution is 2.15. The predicted octanol–water partition coefficient (Wildman–Crippen LogP) is 0.621. The van der Waals surface area contributed by atoms with Crippen LogP contribution in [0, 0.1) is 0 Å². The van der Waals surface area contributed by atoms with Gasteiger partial charge >= 0.3 is 12.0 Å². The number of nitrogens with one attached hydrogen (secondary N) is 1. The quantitative estimate of drug-likeness (QED) is 0.784. The third-order valence-corrected chi connectivity index (χ3v) is 2.29. The molecule has 0 heterocycles. The lowest BCUT2D eigenvalue weighted by Crippen LogP contribution is -2.37. The fourth-order valence-corrected chi connectivity index (χ4v) is 1.37. The van der Waals surface area contributed by atoms with Crippen molar-refractivity contribution in [1.29, 1.82) is 0 Å². The van der Waals surface area contributed by atoms with Gasteiger partial charge in [0.2, 0.25) is 0 Å². The van der Waals surface area contributed by atoms with E-state index in [4.69, 9.17) is 17.3 Å². The lowest BCUT2D eigenvalue weighted by molar-refractivity contribution is -0.147. The first kappa shape index (κ1) is 14.0. The molecule has 0 fully saturated rings. The zero-order valence-corrected chi connectivity index (χ0v) is 10.1. The van der Waals surface area contributed by atoms with Crippen molar-refractivity contribution in [3.8, 4) is 0 Å². The van der Waals surface area contributed by atoms with E-state index in [1.807, 2.05) is 0 Å². The number of hydrogen-bond acceptors (Lipinski definition) is 4. The first-order valence-electron chi connectivity index (χ1n) is 4.97. The number of carbonyl (C=O) groups excluding carboxylic acids is 3. The molecular formula is C11H11ClN2O4. The molecule has 0 saturated carbocycles. The Kier molecular flexibility index (Phi) is 5.13. The second kappa shape index (κ2) is 6.61. The molecule has 0 radical (unpaired) electrons. The second-order valence-corrected chi connectivity index (χ2v) is 3.75. The Morgan fingerprint density at radius 1 is 1.28 bits per heavy atom. The molecule has 1 rings (SSSR count). The van der Waals surface area contributed by atoms with Crippen LogP contribution in [0.25, 0.3) is 0 Å². The van der Waals surface area contributed by atoms with Gasteiger partial charge in [-0.15, -0.1) is 0 Å². The summed E-state index contributed by atoms with van der Waals surface area (Å²) in [4.78, 5) is 32.7. The molecule has 18 heavy (non-hydrogen) atoms. The van der Waals surface area contributed by atoms with Crippen molar-refractivity contribution in [3.63, 3.8) is 0 Å². The number of carbonyl (C=O) groups is 3. The third-order valence-electron chi connectivity index (χ3n) is 1.92. The molecule has 0 spiro atoms. The zero-order chi connectivity index (χ0) is 13.5. The van der Waals surface area contributed by atoms with Crippen molar-refractivity contribution in [2.75, 3.05) is 6.61 Å². The van der Waals surface area contributed by atoms with Crippen LogP contribution in [-0.4, -0.2) is 24.5 Å². The van der Waals surface area contributed by atoms with E-state index in [1.165, 1.54) is 0 Å². The van der Waals surface area contributed by atoms with Crippen LogP contribution in [0.1, 0.15) is 5.56 Å². The van der Waals surface area contributed by atoms with Crippen LogP contribution >= 0.6 is 11.6 Å². The molecular weight excluding hydrogens is 260 g/mol. The van der Waals surface area contributed by atoms with E-state index in [-0.39, 0.29) is 6.42 Å². The van der Waals surface area contributed by atoms with E-state index in [0.717, 1.165) is 0 Å². The minimum atomic E-state index is -0.998. The fourth-order valence-electron chi connectivity index (χ4n) is 1.17. The number of imide groups is 1. The molecule has 0 aliphatic heterocycles. The van der Waals surface area contributed by atoms with E-state index in [9.17, 15) is 14.4 Å². The summed E-state index contributed by atoms with van der Waals surface area (Å²) in [5.74, 6) is -1.40. The molecule has 0 bridgehead atoms. The Hall–Kier alpha value is -2.08. The first-order chi connectivity index (χ1) is 8.49. The van der Waals surface area contributed by atoms with Gasteiger partial charge in [0.1, 0.15) is 0 Å².